The van der Waals surface area contributed by atoms with E-state index in [1.165, 1.54) is 21.6 Å². The summed E-state index contributed by atoms with van der Waals surface area (Å²) in [5.41, 5.74) is 4.12. The van der Waals surface area contributed by atoms with Gasteiger partial charge in [-0.2, -0.15) is 0 Å². The normalized spacial score (nSPS) is 23.1. The Morgan fingerprint density at radius 2 is 1.32 bits per heavy atom. The van der Waals surface area contributed by atoms with Crippen molar-refractivity contribution in [3.05, 3.63) is 114 Å². The summed E-state index contributed by atoms with van der Waals surface area (Å²) in [5.74, 6) is 0.433. The summed E-state index contributed by atoms with van der Waals surface area (Å²) in [4.78, 5) is 1.38. The van der Waals surface area contributed by atoms with E-state index >= 15 is 0 Å². The van der Waals surface area contributed by atoms with E-state index in [9.17, 15) is 0 Å². The molecule has 0 nitrogen and oxygen atoms in total. The van der Waals surface area contributed by atoms with Gasteiger partial charge in [0.15, 0.2) is 0 Å². The van der Waals surface area contributed by atoms with Gasteiger partial charge in [0.05, 0.1) is 0 Å². The van der Waals surface area contributed by atoms with Crippen LogP contribution in [0.5, 0.6) is 0 Å². The third-order valence-corrected chi connectivity index (χ3v) is 6.41. The van der Waals surface area contributed by atoms with Crippen molar-refractivity contribution in [2.75, 3.05) is 0 Å². The van der Waals surface area contributed by atoms with Crippen LogP contribution in [0, 0.1) is 0 Å². The molecule has 1 heteroatoms. The van der Waals surface area contributed by atoms with Crippen molar-refractivity contribution in [1.82, 2.24) is 0 Å². The zero-order valence-corrected chi connectivity index (χ0v) is 15.2. The molecule has 0 aromatic heterocycles. The first kappa shape index (κ1) is 16.2. The van der Waals surface area contributed by atoms with Gasteiger partial charge in [0.2, 0.25) is 0 Å². The molecule has 1 heterocycles. The molecule has 4 rings (SSSR count). The zero-order chi connectivity index (χ0) is 17.1. The van der Waals surface area contributed by atoms with Crippen LogP contribution in [0.4, 0.5) is 0 Å². The zero-order valence-electron chi connectivity index (χ0n) is 14.4. The molecule has 0 N–H and O–H groups in total. The molecule has 0 saturated heterocycles. The van der Waals surface area contributed by atoms with Gasteiger partial charge < -0.3 is 0 Å². The molecule has 0 fully saturated rings. The quantitative estimate of drug-likeness (QED) is 0.501. The fourth-order valence-electron chi connectivity index (χ4n) is 3.62. The summed E-state index contributed by atoms with van der Waals surface area (Å²) in [6.07, 6.45) is 3.57. The highest BCUT2D eigenvalue weighted by Gasteiger charge is 2.36. The molecule has 3 aromatic rings. The molecule has 1 aliphatic rings. The second-order valence-corrected chi connectivity index (χ2v) is 8.36. The van der Waals surface area contributed by atoms with Crippen LogP contribution in [0.3, 0.4) is 0 Å². The second-order valence-electron chi connectivity index (χ2n) is 6.82. The van der Waals surface area contributed by atoms with Crippen LogP contribution in [0.1, 0.15) is 36.0 Å². The van der Waals surface area contributed by atoms with Crippen molar-refractivity contribution in [3.63, 3.8) is 0 Å². The lowest BCUT2D eigenvalue weighted by atomic mass is 9.84. The number of rotatable bonds is 3. The number of allylic oxidation sites excluding steroid dienone is 1. The maximum absolute atomic E-state index is 2.46. The van der Waals surface area contributed by atoms with Crippen molar-refractivity contribution >= 4 is 16.7 Å². The molecule has 0 radical (unpaired) electrons. The predicted octanol–water partition coefficient (Wildman–Crippen LogP) is 6.86. The first-order valence-corrected chi connectivity index (χ1v) is 9.63. The third-order valence-electron chi connectivity index (χ3n) is 4.97. The van der Waals surface area contributed by atoms with E-state index in [-0.39, 0.29) is 4.75 Å². The summed E-state index contributed by atoms with van der Waals surface area (Å²) in [6, 6.07) is 32.6. The van der Waals surface area contributed by atoms with Gasteiger partial charge >= 0.3 is 0 Å². The molecule has 1 aliphatic heterocycles. The summed E-state index contributed by atoms with van der Waals surface area (Å²) in [7, 11) is 0. The third kappa shape index (κ3) is 3.43. The molecular formula is C24H22S. The number of benzene rings is 3. The SMILES string of the molecule is C[C@@]1(c2ccccc2)C[C@@H](c2ccccc2)C=C(c2ccccc2)S1. The lowest BCUT2D eigenvalue weighted by molar-refractivity contribution is 0.577. The van der Waals surface area contributed by atoms with E-state index in [4.69, 9.17) is 0 Å². The largest absolute Gasteiger partial charge is 0.114 e. The summed E-state index contributed by atoms with van der Waals surface area (Å²) in [5, 5.41) is 0. The van der Waals surface area contributed by atoms with Crippen LogP contribution in [-0.2, 0) is 4.75 Å². The number of hydrogen-bond donors (Lipinski definition) is 0. The Labute approximate surface area is 154 Å². The van der Waals surface area contributed by atoms with Gasteiger partial charge in [0.25, 0.3) is 0 Å². The van der Waals surface area contributed by atoms with E-state index in [2.05, 4.69) is 104 Å². The Hall–Kier alpha value is -2.25. The molecule has 0 saturated carbocycles. The summed E-state index contributed by atoms with van der Waals surface area (Å²) in [6.45, 7) is 2.39. The molecule has 2 atom stereocenters. The lowest BCUT2D eigenvalue weighted by Gasteiger charge is -2.38. The van der Waals surface area contributed by atoms with Gasteiger partial charge in [-0.3, -0.25) is 0 Å². The monoisotopic (exact) mass is 342 g/mol. The van der Waals surface area contributed by atoms with Gasteiger partial charge in [-0.1, -0.05) is 97.1 Å². The highest BCUT2D eigenvalue weighted by atomic mass is 32.2. The van der Waals surface area contributed by atoms with Gasteiger partial charge in [0, 0.05) is 15.6 Å². The lowest BCUT2D eigenvalue weighted by Crippen LogP contribution is -2.23. The fraction of sp³-hybridized carbons (Fsp3) is 0.167. The molecule has 3 aromatic carbocycles. The highest BCUT2D eigenvalue weighted by Crippen LogP contribution is 2.54. The Bertz CT molecular complexity index is 852. The van der Waals surface area contributed by atoms with Gasteiger partial charge in [0.1, 0.15) is 0 Å². The summed E-state index contributed by atoms with van der Waals surface area (Å²) >= 11 is 2.00. The minimum atomic E-state index is 0.0711. The van der Waals surface area contributed by atoms with Crippen LogP contribution in [-0.4, -0.2) is 0 Å². The van der Waals surface area contributed by atoms with Gasteiger partial charge in [-0.15, -0.1) is 11.8 Å². The topological polar surface area (TPSA) is 0 Å². The molecule has 25 heavy (non-hydrogen) atoms. The Balaban J connectivity index is 1.79. The molecule has 0 bridgehead atoms. The molecule has 0 aliphatic carbocycles. The van der Waals surface area contributed by atoms with Crippen molar-refractivity contribution in [2.45, 2.75) is 24.0 Å². The molecule has 124 valence electrons. The highest BCUT2D eigenvalue weighted by molar-refractivity contribution is 8.09. The Morgan fingerprint density at radius 1 is 0.760 bits per heavy atom. The second kappa shape index (κ2) is 6.93. The van der Waals surface area contributed by atoms with E-state index in [0.717, 1.165) is 6.42 Å². The minimum Gasteiger partial charge on any atom is -0.114 e. The maximum Gasteiger partial charge on any atom is 0.0436 e. The smallest absolute Gasteiger partial charge is 0.0436 e. The predicted molar refractivity (Wildman–Crippen MR) is 110 cm³/mol. The molecule has 0 amide bonds. The van der Waals surface area contributed by atoms with Crippen LogP contribution < -0.4 is 0 Å². The average Bonchev–Trinajstić information content (AvgIpc) is 2.70. The van der Waals surface area contributed by atoms with Crippen LogP contribution in [0.2, 0.25) is 0 Å². The van der Waals surface area contributed by atoms with Gasteiger partial charge in [-0.05, 0) is 30.0 Å². The average molecular weight is 343 g/mol. The minimum absolute atomic E-state index is 0.0711. The van der Waals surface area contributed by atoms with Crippen molar-refractivity contribution in [1.29, 1.82) is 0 Å². The number of hydrogen-bond acceptors (Lipinski definition) is 1. The number of thioether (sulfide) groups is 1. The van der Waals surface area contributed by atoms with E-state index in [1.807, 2.05) is 11.8 Å². The standard InChI is InChI=1S/C24H22S/c1-24(22-15-9-4-10-16-22)18-21(19-11-5-2-6-12-19)17-23(25-24)20-13-7-3-8-14-20/h2-17,21H,18H2,1H3/t21-,24-/m0/s1. The summed E-state index contributed by atoms with van der Waals surface area (Å²) < 4.78 is 0.0711. The maximum atomic E-state index is 2.46. The fourth-order valence-corrected chi connectivity index (χ4v) is 5.11. The van der Waals surface area contributed by atoms with Crippen molar-refractivity contribution < 1.29 is 0 Å². The van der Waals surface area contributed by atoms with Crippen LogP contribution in [0.15, 0.2) is 97.1 Å². The first-order chi connectivity index (χ1) is 12.2. The molecule has 0 spiro atoms. The van der Waals surface area contributed by atoms with E-state index in [1.54, 1.807) is 0 Å². The van der Waals surface area contributed by atoms with Crippen molar-refractivity contribution in [3.8, 4) is 0 Å². The Kier molecular flexibility index (Phi) is 4.50. The first-order valence-electron chi connectivity index (χ1n) is 8.81. The molecular weight excluding hydrogens is 320 g/mol. The van der Waals surface area contributed by atoms with Crippen LogP contribution >= 0.6 is 11.8 Å². The van der Waals surface area contributed by atoms with Crippen molar-refractivity contribution in [2.24, 2.45) is 0 Å². The Morgan fingerprint density at radius 3 is 1.96 bits per heavy atom. The van der Waals surface area contributed by atoms with E-state index < -0.39 is 0 Å². The van der Waals surface area contributed by atoms with E-state index in [0.29, 0.717) is 5.92 Å². The van der Waals surface area contributed by atoms with Crippen LogP contribution in [0.25, 0.3) is 4.91 Å². The van der Waals surface area contributed by atoms with Gasteiger partial charge in [-0.25, -0.2) is 0 Å². The molecule has 0 unspecified atom stereocenters.